The van der Waals surface area contributed by atoms with Gasteiger partial charge in [0.25, 0.3) is 0 Å². The molecule has 0 amide bonds. The van der Waals surface area contributed by atoms with Crippen molar-refractivity contribution in [1.29, 1.82) is 5.26 Å². The second-order valence-electron chi connectivity index (χ2n) is 4.40. The molecule has 0 saturated carbocycles. The maximum atomic E-state index is 8.45. The first kappa shape index (κ1) is 14.7. The number of nitrogens with one attached hydrogen (secondary N) is 1. The SMILES string of the molecule is Cc1cc(I)ccc1NCc1ccc(OCC#N)cc1. The van der Waals surface area contributed by atoms with Crippen molar-refractivity contribution in [3.05, 3.63) is 57.2 Å². The third-order valence-electron chi connectivity index (χ3n) is 2.90. The molecule has 0 atom stereocenters. The van der Waals surface area contributed by atoms with Gasteiger partial charge in [0.15, 0.2) is 6.61 Å². The molecule has 0 unspecified atom stereocenters. The molecule has 0 aliphatic heterocycles. The highest BCUT2D eigenvalue weighted by molar-refractivity contribution is 14.1. The third kappa shape index (κ3) is 4.14. The average Bonchev–Trinajstić information content (AvgIpc) is 2.45. The number of benzene rings is 2. The lowest BCUT2D eigenvalue weighted by molar-refractivity contribution is 0.368. The summed E-state index contributed by atoms with van der Waals surface area (Å²) in [5, 5.41) is 11.9. The molecule has 0 aliphatic carbocycles. The van der Waals surface area contributed by atoms with Crippen LogP contribution in [0.15, 0.2) is 42.5 Å². The van der Waals surface area contributed by atoms with E-state index in [2.05, 4.69) is 53.0 Å². The Balaban J connectivity index is 1.95. The molecule has 0 spiro atoms. The number of halogens is 1. The number of anilines is 1. The summed E-state index contributed by atoms with van der Waals surface area (Å²) in [5.41, 5.74) is 3.56. The average molecular weight is 378 g/mol. The largest absolute Gasteiger partial charge is 0.479 e. The van der Waals surface area contributed by atoms with Crippen LogP contribution in [0, 0.1) is 21.8 Å². The van der Waals surface area contributed by atoms with Crippen molar-refractivity contribution in [2.75, 3.05) is 11.9 Å². The van der Waals surface area contributed by atoms with E-state index >= 15 is 0 Å². The van der Waals surface area contributed by atoms with Crippen LogP contribution in [0.1, 0.15) is 11.1 Å². The minimum absolute atomic E-state index is 0.0828. The fourth-order valence-corrected chi connectivity index (χ4v) is 2.49. The van der Waals surface area contributed by atoms with E-state index in [1.54, 1.807) is 0 Å². The summed E-state index contributed by atoms with van der Waals surface area (Å²) >= 11 is 2.31. The summed E-state index contributed by atoms with van der Waals surface area (Å²) in [4.78, 5) is 0. The van der Waals surface area contributed by atoms with Crippen molar-refractivity contribution in [3.63, 3.8) is 0 Å². The Kier molecular flexibility index (Phi) is 5.24. The molecular formula is C16H15IN2O. The van der Waals surface area contributed by atoms with E-state index in [0.717, 1.165) is 18.0 Å². The van der Waals surface area contributed by atoms with E-state index in [1.165, 1.54) is 14.7 Å². The van der Waals surface area contributed by atoms with Crippen LogP contribution in [-0.2, 0) is 6.54 Å². The molecule has 0 aromatic heterocycles. The van der Waals surface area contributed by atoms with Crippen LogP contribution in [0.25, 0.3) is 0 Å². The van der Waals surface area contributed by atoms with Gasteiger partial charge in [-0.1, -0.05) is 12.1 Å². The minimum atomic E-state index is 0.0828. The maximum Gasteiger partial charge on any atom is 0.174 e. The fraction of sp³-hybridized carbons (Fsp3) is 0.188. The van der Waals surface area contributed by atoms with Crippen LogP contribution >= 0.6 is 22.6 Å². The van der Waals surface area contributed by atoms with Crippen LogP contribution in [0.2, 0.25) is 0 Å². The Hall–Kier alpha value is -1.74. The lowest BCUT2D eigenvalue weighted by atomic mass is 10.1. The number of nitrogens with zero attached hydrogens (tertiary/aromatic N) is 1. The van der Waals surface area contributed by atoms with E-state index in [9.17, 15) is 0 Å². The second kappa shape index (κ2) is 7.15. The first-order chi connectivity index (χ1) is 9.69. The van der Waals surface area contributed by atoms with E-state index in [4.69, 9.17) is 10.00 Å². The molecule has 2 aromatic rings. The Morgan fingerprint density at radius 1 is 1.20 bits per heavy atom. The Morgan fingerprint density at radius 2 is 1.95 bits per heavy atom. The Labute approximate surface area is 132 Å². The summed E-state index contributed by atoms with van der Waals surface area (Å²) in [6.45, 7) is 2.95. The normalized spacial score (nSPS) is 9.85. The van der Waals surface area contributed by atoms with Gasteiger partial charge < -0.3 is 10.1 Å². The molecule has 0 radical (unpaired) electrons. The van der Waals surface area contributed by atoms with Crippen LogP contribution < -0.4 is 10.1 Å². The number of hydrogen-bond acceptors (Lipinski definition) is 3. The molecule has 102 valence electrons. The lowest BCUT2D eigenvalue weighted by Gasteiger charge is -2.10. The van der Waals surface area contributed by atoms with E-state index in [1.807, 2.05) is 30.3 Å². The molecule has 0 heterocycles. The summed E-state index contributed by atoms with van der Waals surface area (Å²) in [5.74, 6) is 0.723. The summed E-state index contributed by atoms with van der Waals surface area (Å²) in [6.07, 6.45) is 0. The van der Waals surface area contributed by atoms with Gasteiger partial charge in [-0.3, -0.25) is 0 Å². The van der Waals surface area contributed by atoms with Gasteiger partial charge in [-0.2, -0.15) is 5.26 Å². The topological polar surface area (TPSA) is 45.0 Å². The molecular weight excluding hydrogens is 363 g/mol. The van der Waals surface area contributed by atoms with Gasteiger partial charge in [0.2, 0.25) is 0 Å². The maximum absolute atomic E-state index is 8.45. The highest BCUT2D eigenvalue weighted by atomic mass is 127. The zero-order chi connectivity index (χ0) is 14.4. The first-order valence-corrected chi connectivity index (χ1v) is 7.35. The number of rotatable bonds is 5. The van der Waals surface area contributed by atoms with Gasteiger partial charge >= 0.3 is 0 Å². The van der Waals surface area contributed by atoms with Crippen molar-refractivity contribution < 1.29 is 4.74 Å². The van der Waals surface area contributed by atoms with Gasteiger partial charge in [0.05, 0.1) is 0 Å². The highest BCUT2D eigenvalue weighted by Crippen LogP contribution is 2.19. The van der Waals surface area contributed by atoms with Gasteiger partial charge in [-0.05, 0) is 71.0 Å². The van der Waals surface area contributed by atoms with Crippen LogP contribution in [-0.4, -0.2) is 6.61 Å². The molecule has 0 aliphatic rings. The van der Waals surface area contributed by atoms with Crippen molar-refractivity contribution in [3.8, 4) is 11.8 Å². The van der Waals surface area contributed by atoms with Gasteiger partial charge in [0, 0.05) is 15.8 Å². The van der Waals surface area contributed by atoms with Crippen LogP contribution in [0.5, 0.6) is 5.75 Å². The number of nitriles is 1. The Morgan fingerprint density at radius 3 is 2.60 bits per heavy atom. The molecule has 2 rings (SSSR count). The molecule has 4 heteroatoms. The smallest absolute Gasteiger partial charge is 0.174 e. The third-order valence-corrected chi connectivity index (χ3v) is 3.57. The number of ether oxygens (including phenoxy) is 1. The van der Waals surface area contributed by atoms with Crippen LogP contribution in [0.4, 0.5) is 5.69 Å². The zero-order valence-corrected chi connectivity index (χ0v) is 13.3. The lowest BCUT2D eigenvalue weighted by Crippen LogP contribution is -2.01. The standard InChI is InChI=1S/C16H15IN2O/c1-12-10-14(17)4-7-16(12)19-11-13-2-5-15(6-3-13)20-9-8-18/h2-7,10,19H,9,11H2,1H3. The van der Waals surface area contributed by atoms with Crippen molar-refractivity contribution in [2.24, 2.45) is 0 Å². The molecule has 20 heavy (non-hydrogen) atoms. The molecule has 3 nitrogen and oxygen atoms in total. The van der Waals surface area contributed by atoms with E-state index in [0.29, 0.717) is 0 Å². The number of hydrogen-bond donors (Lipinski definition) is 1. The van der Waals surface area contributed by atoms with Crippen molar-refractivity contribution in [1.82, 2.24) is 0 Å². The second-order valence-corrected chi connectivity index (χ2v) is 5.65. The molecule has 1 N–H and O–H groups in total. The number of aryl methyl sites for hydroxylation is 1. The first-order valence-electron chi connectivity index (χ1n) is 6.28. The highest BCUT2D eigenvalue weighted by Gasteiger charge is 2.00. The van der Waals surface area contributed by atoms with Gasteiger partial charge in [0.1, 0.15) is 11.8 Å². The van der Waals surface area contributed by atoms with Crippen molar-refractivity contribution >= 4 is 28.3 Å². The van der Waals surface area contributed by atoms with Crippen molar-refractivity contribution in [2.45, 2.75) is 13.5 Å². The quantitative estimate of drug-likeness (QED) is 0.797. The van der Waals surface area contributed by atoms with E-state index in [-0.39, 0.29) is 6.61 Å². The Bertz CT molecular complexity index is 617. The molecule has 0 saturated heterocycles. The molecule has 0 bridgehead atoms. The van der Waals surface area contributed by atoms with Gasteiger partial charge in [-0.15, -0.1) is 0 Å². The van der Waals surface area contributed by atoms with E-state index < -0.39 is 0 Å². The predicted molar refractivity (Wildman–Crippen MR) is 88.8 cm³/mol. The molecule has 0 fully saturated rings. The van der Waals surface area contributed by atoms with Gasteiger partial charge in [-0.25, -0.2) is 0 Å². The minimum Gasteiger partial charge on any atom is -0.479 e. The summed E-state index contributed by atoms with van der Waals surface area (Å²) in [7, 11) is 0. The monoisotopic (exact) mass is 378 g/mol. The molecule has 2 aromatic carbocycles. The van der Waals surface area contributed by atoms with Crippen LogP contribution in [0.3, 0.4) is 0 Å². The zero-order valence-electron chi connectivity index (χ0n) is 11.2. The fourth-order valence-electron chi connectivity index (χ4n) is 1.84. The predicted octanol–water partition coefficient (Wildman–Crippen LogP) is 4.11. The summed E-state index contributed by atoms with van der Waals surface area (Å²) in [6, 6.07) is 16.1. The summed E-state index contributed by atoms with van der Waals surface area (Å²) < 4.78 is 6.46.